The Bertz CT molecular complexity index is 795. The van der Waals surface area contributed by atoms with E-state index in [1.165, 1.54) is 11.3 Å². The number of amides is 1. The van der Waals surface area contributed by atoms with Crippen LogP contribution >= 0.6 is 11.3 Å². The van der Waals surface area contributed by atoms with Crippen molar-refractivity contribution in [3.8, 4) is 11.5 Å². The molecule has 7 heteroatoms. The van der Waals surface area contributed by atoms with E-state index in [1.807, 2.05) is 40.6 Å². The highest BCUT2D eigenvalue weighted by Gasteiger charge is 2.28. The van der Waals surface area contributed by atoms with E-state index >= 15 is 0 Å². The maximum absolute atomic E-state index is 13.0. The first-order valence-electron chi connectivity index (χ1n) is 9.84. The van der Waals surface area contributed by atoms with Crippen LogP contribution in [0.1, 0.15) is 34.2 Å². The second kappa shape index (κ2) is 8.94. The fourth-order valence-electron chi connectivity index (χ4n) is 3.70. The van der Waals surface area contributed by atoms with Gasteiger partial charge in [-0.25, -0.2) is 0 Å². The Hall–Kier alpha value is -2.09. The van der Waals surface area contributed by atoms with Crippen molar-refractivity contribution in [3.05, 3.63) is 46.2 Å². The van der Waals surface area contributed by atoms with Gasteiger partial charge in [0.1, 0.15) is 18.1 Å². The van der Waals surface area contributed by atoms with Crippen molar-refractivity contribution < 1.29 is 19.4 Å². The maximum atomic E-state index is 13.0. The predicted octanol–water partition coefficient (Wildman–Crippen LogP) is 2.79. The van der Waals surface area contributed by atoms with Crippen LogP contribution in [-0.2, 0) is 0 Å². The molecule has 3 heterocycles. The molecule has 1 amide bonds. The largest absolute Gasteiger partial charge is 0.485 e. The van der Waals surface area contributed by atoms with Gasteiger partial charge in [0.2, 0.25) is 0 Å². The lowest BCUT2D eigenvalue weighted by molar-refractivity contribution is 0.0755. The number of aliphatic hydroxyl groups excluding tert-OH is 1. The van der Waals surface area contributed by atoms with E-state index in [9.17, 15) is 9.90 Å². The zero-order valence-electron chi connectivity index (χ0n) is 15.9. The van der Waals surface area contributed by atoms with Gasteiger partial charge in [-0.05, 0) is 24.9 Å². The van der Waals surface area contributed by atoms with E-state index in [0.29, 0.717) is 42.6 Å². The van der Waals surface area contributed by atoms with Gasteiger partial charge in [-0.3, -0.25) is 4.79 Å². The first-order chi connectivity index (χ1) is 13.7. The topological polar surface area (TPSA) is 62.2 Å². The van der Waals surface area contributed by atoms with Crippen LogP contribution in [0.15, 0.2) is 35.7 Å². The first kappa shape index (κ1) is 19.2. The quantitative estimate of drug-likeness (QED) is 0.833. The molecule has 0 spiro atoms. The van der Waals surface area contributed by atoms with E-state index in [4.69, 9.17) is 9.47 Å². The van der Waals surface area contributed by atoms with Crippen LogP contribution in [0.2, 0.25) is 0 Å². The van der Waals surface area contributed by atoms with Crippen LogP contribution in [0.25, 0.3) is 0 Å². The third-order valence-electron chi connectivity index (χ3n) is 5.27. The normalized spacial score (nSPS) is 18.5. The fraction of sp³-hybridized carbons (Fsp3) is 0.476. The molecular weight excluding hydrogens is 376 g/mol. The number of carbonyl (C=O) groups excluding carboxylic acids is 1. The smallest absolute Gasteiger partial charge is 0.267 e. The minimum absolute atomic E-state index is 0.0305. The molecule has 1 aromatic carbocycles. The summed E-state index contributed by atoms with van der Waals surface area (Å²) in [5.41, 5.74) is 0.957. The van der Waals surface area contributed by atoms with E-state index in [1.54, 1.807) is 0 Å². The van der Waals surface area contributed by atoms with Crippen molar-refractivity contribution in [1.82, 2.24) is 9.80 Å². The number of hydrogen-bond donors (Lipinski definition) is 1. The number of nitrogens with zero attached hydrogens (tertiary/aromatic N) is 2. The van der Waals surface area contributed by atoms with Gasteiger partial charge in [-0.2, -0.15) is 0 Å². The summed E-state index contributed by atoms with van der Waals surface area (Å²) >= 11 is 1.40. The highest BCUT2D eigenvalue weighted by Crippen LogP contribution is 2.40. The zero-order chi connectivity index (χ0) is 19.3. The summed E-state index contributed by atoms with van der Waals surface area (Å²) in [5, 5.41) is 12.2. The Morgan fingerprint density at radius 2 is 1.93 bits per heavy atom. The van der Waals surface area contributed by atoms with Gasteiger partial charge in [-0.1, -0.05) is 30.3 Å². The molecule has 0 saturated carbocycles. The number of thiophene rings is 1. The number of rotatable bonds is 5. The monoisotopic (exact) mass is 402 g/mol. The first-order valence-corrected chi connectivity index (χ1v) is 10.7. The summed E-state index contributed by atoms with van der Waals surface area (Å²) in [5.74, 6) is 1.32. The molecule has 0 aliphatic carbocycles. The minimum atomic E-state index is -0.447. The summed E-state index contributed by atoms with van der Waals surface area (Å²) in [4.78, 5) is 17.9. The second-order valence-electron chi connectivity index (χ2n) is 7.16. The molecule has 1 saturated heterocycles. The van der Waals surface area contributed by atoms with Gasteiger partial charge in [0.05, 0.1) is 6.10 Å². The highest BCUT2D eigenvalue weighted by atomic mass is 32.1. The number of benzene rings is 1. The molecular formula is C21H26N2O4S. The van der Waals surface area contributed by atoms with Crippen LogP contribution < -0.4 is 9.47 Å². The zero-order valence-corrected chi connectivity index (χ0v) is 16.7. The average Bonchev–Trinajstić information content (AvgIpc) is 3.03. The van der Waals surface area contributed by atoms with Crippen molar-refractivity contribution in [2.75, 3.05) is 45.9 Å². The molecule has 1 N–H and O–H groups in total. The lowest BCUT2D eigenvalue weighted by Gasteiger charge is -2.23. The van der Waals surface area contributed by atoms with Crippen molar-refractivity contribution in [2.24, 2.45) is 0 Å². The maximum Gasteiger partial charge on any atom is 0.267 e. The molecule has 1 fully saturated rings. The summed E-state index contributed by atoms with van der Waals surface area (Å²) in [7, 11) is 0. The van der Waals surface area contributed by atoms with E-state index in [-0.39, 0.29) is 5.91 Å². The van der Waals surface area contributed by atoms with Gasteiger partial charge < -0.3 is 24.4 Å². The van der Waals surface area contributed by atoms with Crippen molar-refractivity contribution in [2.45, 2.75) is 18.9 Å². The molecule has 1 aromatic heterocycles. The molecule has 2 aliphatic heterocycles. The molecule has 150 valence electrons. The molecule has 0 radical (unpaired) electrons. The van der Waals surface area contributed by atoms with Crippen LogP contribution in [0.3, 0.4) is 0 Å². The van der Waals surface area contributed by atoms with E-state index < -0.39 is 6.10 Å². The van der Waals surface area contributed by atoms with Gasteiger partial charge in [0.15, 0.2) is 11.5 Å². The number of ether oxygens (including phenoxy) is 2. The lowest BCUT2D eigenvalue weighted by atomic mass is 10.1. The molecule has 28 heavy (non-hydrogen) atoms. The molecule has 4 rings (SSSR count). The fourth-order valence-corrected chi connectivity index (χ4v) is 4.59. The summed E-state index contributed by atoms with van der Waals surface area (Å²) in [6, 6.07) is 9.78. The molecule has 0 bridgehead atoms. The Morgan fingerprint density at radius 1 is 1.11 bits per heavy atom. The van der Waals surface area contributed by atoms with E-state index in [2.05, 4.69) is 4.90 Å². The third-order valence-corrected chi connectivity index (χ3v) is 6.20. The van der Waals surface area contributed by atoms with Crippen molar-refractivity contribution >= 4 is 17.2 Å². The van der Waals surface area contributed by atoms with Crippen molar-refractivity contribution in [1.29, 1.82) is 0 Å². The molecule has 2 aliphatic rings. The Kier molecular flexibility index (Phi) is 6.14. The Labute approximate surface area is 169 Å². The predicted molar refractivity (Wildman–Crippen MR) is 108 cm³/mol. The molecule has 2 aromatic rings. The summed E-state index contributed by atoms with van der Waals surface area (Å²) in [6.07, 6.45) is 1.18. The number of hydrogen-bond acceptors (Lipinski definition) is 6. The Morgan fingerprint density at radius 3 is 2.79 bits per heavy atom. The molecule has 1 atom stereocenters. The molecule has 0 unspecified atom stereocenters. The number of carbonyl (C=O) groups is 1. The number of fused-ring (bicyclic) bond motifs is 1. The van der Waals surface area contributed by atoms with Gasteiger partial charge in [-0.15, -0.1) is 11.3 Å². The van der Waals surface area contributed by atoms with Crippen LogP contribution in [0, 0.1) is 0 Å². The second-order valence-corrected chi connectivity index (χ2v) is 8.04. The SMILES string of the molecule is O=C(c1scc2c1OCCO2)N1CCCN(CC[C@@H](O)c2ccccc2)CC1. The minimum Gasteiger partial charge on any atom is -0.485 e. The summed E-state index contributed by atoms with van der Waals surface area (Å²) in [6.45, 7) is 5.03. The van der Waals surface area contributed by atoms with Crippen molar-refractivity contribution in [3.63, 3.8) is 0 Å². The number of aliphatic hydroxyl groups is 1. The van der Waals surface area contributed by atoms with Gasteiger partial charge in [0, 0.05) is 31.6 Å². The van der Waals surface area contributed by atoms with Crippen LogP contribution in [0.5, 0.6) is 11.5 Å². The third kappa shape index (κ3) is 4.32. The lowest BCUT2D eigenvalue weighted by Crippen LogP contribution is -2.35. The standard InChI is InChI=1S/C21H26N2O4S/c24-17(16-5-2-1-3-6-16)7-10-22-8-4-9-23(12-11-22)21(25)20-19-18(15-28-20)26-13-14-27-19/h1-3,5-6,15,17,24H,4,7-14H2/t17-/m1/s1. The highest BCUT2D eigenvalue weighted by molar-refractivity contribution is 7.12. The Balaban J connectivity index is 1.31. The van der Waals surface area contributed by atoms with Crippen LogP contribution in [0.4, 0.5) is 0 Å². The van der Waals surface area contributed by atoms with Crippen LogP contribution in [-0.4, -0.2) is 66.8 Å². The summed E-state index contributed by atoms with van der Waals surface area (Å²) < 4.78 is 11.2. The van der Waals surface area contributed by atoms with Gasteiger partial charge >= 0.3 is 0 Å². The van der Waals surface area contributed by atoms with E-state index in [0.717, 1.165) is 38.2 Å². The average molecular weight is 403 g/mol. The van der Waals surface area contributed by atoms with Gasteiger partial charge in [0.25, 0.3) is 5.91 Å². The molecule has 6 nitrogen and oxygen atoms in total.